The van der Waals surface area contributed by atoms with Gasteiger partial charge in [-0.1, -0.05) is 41.5 Å². The first kappa shape index (κ1) is 93.2. The van der Waals surface area contributed by atoms with Gasteiger partial charge in [0.1, 0.15) is 0 Å². The molecule has 0 radical (unpaired) electrons. The zero-order valence-electron chi connectivity index (χ0n) is 52.6. The molecule has 2 rings (SSSR count). The number of halogens is 1. The summed E-state index contributed by atoms with van der Waals surface area (Å²) >= 11 is 0. The minimum absolute atomic E-state index is 0. The van der Waals surface area contributed by atoms with Gasteiger partial charge in [0.2, 0.25) is 0 Å². The molecule has 0 unspecified atom stereocenters. The number of aliphatic hydroxyl groups excluding tert-OH is 2. The maximum absolute atomic E-state index is 11.2. The van der Waals surface area contributed by atoms with E-state index in [1.807, 2.05) is 27.7 Å². The average molecular weight is 1200 g/mol. The second kappa shape index (κ2) is 55.0. The third-order valence-electron chi connectivity index (χ3n) is 10.8. The fourth-order valence-electron chi connectivity index (χ4n) is 4.74. The molecule has 24 nitrogen and oxygen atoms in total. The van der Waals surface area contributed by atoms with Gasteiger partial charge in [0, 0.05) is 65.0 Å². The summed E-state index contributed by atoms with van der Waals surface area (Å²) in [4.78, 5) is 106. The van der Waals surface area contributed by atoms with Crippen LogP contribution >= 0.6 is 0 Å². The van der Waals surface area contributed by atoms with Crippen LogP contribution in [0.1, 0.15) is 176 Å². The van der Waals surface area contributed by atoms with Crippen molar-refractivity contribution in [3.63, 3.8) is 0 Å². The number of cyclic esters (lactones) is 1. The molecule has 0 aromatic heterocycles. The van der Waals surface area contributed by atoms with Crippen molar-refractivity contribution < 1.29 is 227 Å². The number of aliphatic hydroxyl groups is 2. The molecule has 2 aliphatic heterocycles. The number of carbonyl (C=O) groups excluding carboxylic acids is 6. The number of methoxy groups -OCH3 is 4. The van der Waals surface area contributed by atoms with E-state index in [0.29, 0.717) is 45.1 Å². The molecule has 0 aromatic rings. The fraction of sp³-hybridized carbons (Fsp3) is 0.808. The summed E-state index contributed by atoms with van der Waals surface area (Å²) in [6, 6.07) is 0. The van der Waals surface area contributed by atoms with Crippen LogP contribution in [-0.4, -0.2) is 159 Å². The number of rotatable bonds is 21. The number of alkyl halides is 1. The second-order valence-corrected chi connectivity index (χ2v) is 21.3. The number of aliphatic carboxylic acids is 4. The van der Waals surface area contributed by atoms with Crippen molar-refractivity contribution in [3.05, 3.63) is 0 Å². The maximum atomic E-state index is 11.2. The van der Waals surface area contributed by atoms with Crippen molar-refractivity contribution in [3.8, 4) is 0 Å². The summed E-state index contributed by atoms with van der Waals surface area (Å²) in [7, 11) is 4.33. The van der Waals surface area contributed by atoms with Gasteiger partial charge in [-0.25, -0.2) is 0 Å². The molecule has 6 N–H and O–H groups in total. The van der Waals surface area contributed by atoms with Crippen molar-refractivity contribution >= 4 is 60.2 Å². The summed E-state index contributed by atoms with van der Waals surface area (Å²) in [6.45, 7) is 24.1. The average Bonchev–Trinajstić information content (AvgIpc) is 3.98. The zero-order chi connectivity index (χ0) is 63.0. The van der Waals surface area contributed by atoms with E-state index in [2.05, 4.69) is 37.7 Å². The number of ether oxygens (including phenoxy) is 6. The van der Waals surface area contributed by atoms with E-state index in [4.69, 9.17) is 51.5 Å². The van der Waals surface area contributed by atoms with Gasteiger partial charge in [0.25, 0.3) is 6.47 Å². The Labute approximate surface area is 555 Å². The molecule has 27 heteroatoms. The predicted molar refractivity (Wildman–Crippen MR) is 277 cm³/mol. The number of carbonyl (C=O) groups is 10. The first-order chi connectivity index (χ1) is 35.6. The number of carboxylic acids is 4. The monoisotopic (exact) mass is 1200 g/mol. The predicted octanol–water partition coefficient (Wildman–Crippen LogP) is 0.266. The van der Waals surface area contributed by atoms with Gasteiger partial charge in [0.15, 0.2) is 0 Å². The van der Waals surface area contributed by atoms with Crippen molar-refractivity contribution in [2.45, 2.75) is 173 Å². The molecular formula is C52H97FK2O24. The quantitative estimate of drug-likeness (QED) is 0.0224. The summed E-state index contributed by atoms with van der Waals surface area (Å²) < 4.78 is 43.3. The van der Waals surface area contributed by atoms with Crippen LogP contribution < -0.4 is 108 Å². The maximum Gasteiger partial charge on any atom is 1.00 e. The molecule has 2 aliphatic rings. The molecule has 0 aliphatic carbocycles. The van der Waals surface area contributed by atoms with E-state index in [-0.39, 0.29) is 202 Å². The van der Waals surface area contributed by atoms with Gasteiger partial charge in [-0.15, -0.1) is 0 Å². The Morgan fingerprint density at radius 2 is 0.937 bits per heavy atom. The van der Waals surface area contributed by atoms with Crippen LogP contribution in [0, 0.1) is 32.5 Å². The third kappa shape index (κ3) is 68.1. The molecule has 0 amide bonds. The Morgan fingerprint density at radius 3 is 1.16 bits per heavy atom. The third-order valence-corrected chi connectivity index (χ3v) is 10.8. The van der Waals surface area contributed by atoms with Gasteiger partial charge < -0.3 is 70.6 Å². The van der Waals surface area contributed by atoms with E-state index >= 15 is 0 Å². The van der Waals surface area contributed by atoms with Crippen LogP contribution in [0.15, 0.2) is 0 Å². The van der Waals surface area contributed by atoms with Gasteiger partial charge in [-0.3, -0.25) is 52.3 Å². The van der Waals surface area contributed by atoms with Crippen molar-refractivity contribution in [2.24, 2.45) is 32.5 Å². The van der Waals surface area contributed by atoms with Crippen molar-refractivity contribution in [1.82, 2.24) is 0 Å². The van der Waals surface area contributed by atoms with Crippen molar-refractivity contribution in [1.29, 1.82) is 0 Å². The number of hydrogen-bond donors (Lipinski definition) is 6. The van der Waals surface area contributed by atoms with E-state index in [9.17, 15) is 47.5 Å². The fourth-order valence-corrected chi connectivity index (χ4v) is 4.74. The normalized spacial score (nSPS) is 12.9. The van der Waals surface area contributed by atoms with Gasteiger partial charge in [-0.05, 0) is 109 Å². The Morgan fingerprint density at radius 1 is 0.633 bits per heavy atom. The summed E-state index contributed by atoms with van der Waals surface area (Å²) in [6.07, 6.45) is 6.84. The van der Waals surface area contributed by atoms with Gasteiger partial charge in [0.05, 0.1) is 59.8 Å². The number of carboxylic acid groups (broad SMARTS) is 4. The molecule has 0 bridgehead atoms. The molecule has 458 valence electrons. The van der Waals surface area contributed by atoms with E-state index < -0.39 is 47.3 Å². The first-order valence-electron chi connectivity index (χ1n) is 25.0. The first-order valence-corrected chi connectivity index (χ1v) is 24.3. The molecule has 0 saturated carbocycles. The van der Waals surface area contributed by atoms with Crippen LogP contribution in [0.25, 0.3) is 0 Å². The minimum Gasteiger partial charge on any atom is -1.00 e. The molecule has 2 heterocycles. The number of hydrogen-bond acceptors (Lipinski definition) is 20. The smallest absolute Gasteiger partial charge is 1.00 e. The van der Waals surface area contributed by atoms with Gasteiger partial charge in [-0.2, -0.15) is 0 Å². The van der Waals surface area contributed by atoms with Crippen LogP contribution in [0.3, 0.4) is 0 Å². The van der Waals surface area contributed by atoms with Gasteiger partial charge >= 0.3 is 156 Å². The van der Waals surface area contributed by atoms with Crippen LogP contribution in [0.4, 0.5) is 4.39 Å². The van der Waals surface area contributed by atoms with E-state index in [1.165, 1.54) is 55.1 Å². The Hall–Kier alpha value is -2.26. The zero-order valence-corrected chi connectivity index (χ0v) is 56.9. The Kier molecular flexibility index (Phi) is 64.8. The molecule has 0 atom stereocenters. The SMILES string of the molecule is C1CCOC1.CC(C)(CCC(=O)O)C(=O)O.CC(C)(CO)CCC(=O)O.CC1(C)CCC(=O)OC1.COC(=O)C(C)(C)CCC(=O)O.COC(=O)CCC(C)(C)C(=O)OC.COC(=O)CCC(C)(C)CO.O=CO[O-].[2H]CF.[H-].[K+].[K+]. The topological polar surface area (TPSA) is 380 Å². The second-order valence-electron chi connectivity index (χ2n) is 21.3. The molecule has 2 saturated heterocycles. The van der Waals surface area contributed by atoms with Crippen LogP contribution in [0.5, 0.6) is 0 Å². The summed E-state index contributed by atoms with van der Waals surface area (Å²) in [5, 5.41) is 59.5. The minimum atomic E-state index is -1.00. The Balaban J connectivity index is -0.0000000891. The molecule has 0 aromatic carbocycles. The van der Waals surface area contributed by atoms with E-state index in [1.54, 1.807) is 27.7 Å². The molecule has 0 spiro atoms. The van der Waals surface area contributed by atoms with E-state index in [0.717, 1.165) is 19.6 Å². The van der Waals surface area contributed by atoms with Crippen molar-refractivity contribution in [2.75, 3.05) is 68.6 Å². The van der Waals surface area contributed by atoms with Crippen LogP contribution in [-0.2, 0) is 81.3 Å². The summed E-state index contributed by atoms with van der Waals surface area (Å²) in [5.74, 6) is -4.87. The number of esters is 5. The Bertz CT molecular complexity index is 1680. The van der Waals surface area contributed by atoms with Crippen LogP contribution in [0.2, 0.25) is 0 Å². The molecular weight excluding hydrogens is 1110 g/mol. The largest absolute Gasteiger partial charge is 1.00 e. The standard InChI is InChI=1S/C9H16O4.C8H14O4.C8H16O3.C7H12O4.C7H14O3.C7H12O2.C4H8O.CH3F.CH2O3.2K.H/c1-9(2,8(11)13-4)6-5-7(10)12-3;1-8(2,7(11)12-3)5-4-6(9)10;1-8(2,6-9)5-4-7(10)11-3;1-7(2,6(10)11)4-3-5(8)9;1-7(2,5-8)4-3-6(9)10;1-7(2)4-3-6(8)9-5-7;1-2-4-5-3-1;1-2;2-1-4-3;;;/h5-6H2,1-4H3;4-5H2,1-3H3,(H,9,10);9H,4-6H2,1-3H3;3-4H2,1-2H3,(H,8,9)(H,10,11);8H,3-5H2,1-2H3,(H,9,10);3-5H2,1-2H3;1-4H2;1H3;1,3H;;;/q;;;;;;;;;2*+1;-1/p-1/i;;;;;;;1D;;;;. The molecule has 2 fully saturated rings. The summed E-state index contributed by atoms with van der Waals surface area (Å²) in [5.41, 5.74) is -2.46. The molecule has 79 heavy (non-hydrogen) atoms.